The lowest BCUT2D eigenvalue weighted by molar-refractivity contribution is 1.18. The van der Waals surface area contributed by atoms with Crippen LogP contribution >= 0.6 is 11.6 Å². The Bertz CT molecular complexity index is 3790. The third-order valence-electron chi connectivity index (χ3n) is 12.8. The van der Waals surface area contributed by atoms with Crippen LogP contribution in [-0.2, 0) is 0 Å². The molecule has 0 spiro atoms. The second kappa shape index (κ2) is 16.6. The van der Waals surface area contributed by atoms with Crippen molar-refractivity contribution >= 4 is 89.3 Å². The van der Waals surface area contributed by atoms with Gasteiger partial charge in [0.15, 0.2) is 0 Å². The van der Waals surface area contributed by atoms with Crippen LogP contribution in [0, 0.1) is 11.3 Å². The second-order valence-corrected chi connectivity index (χ2v) is 17.1. The Morgan fingerprint density at radius 2 is 0.672 bits per heavy atom. The van der Waals surface area contributed by atoms with Gasteiger partial charge in [-0.25, -0.2) is 0 Å². The first-order chi connectivity index (χ1) is 33.1. The Hall–Kier alpha value is -8.82. The number of hydrogen-bond acceptors (Lipinski definition) is 3. The molecule has 5 nitrogen and oxygen atoms in total. The summed E-state index contributed by atoms with van der Waals surface area (Å²) in [6.07, 6.45) is 0. The van der Waals surface area contributed by atoms with Crippen LogP contribution in [0.5, 0.6) is 0 Å². The van der Waals surface area contributed by atoms with E-state index in [1.165, 1.54) is 27.1 Å². The van der Waals surface area contributed by atoms with Gasteiger partial charge in [0.1, 0.15) is 0 Å². The summed E-state index contributed by atoms with van der Waals surface area (Å²) in [4.78, 5) is 4.56. The summed E-state index contributed by atoms with van der Waals surface area (Å²) in [5.41, 5.74) is 15.8. The van der Waals surface area contributed by atoms with Gasteiger partial charge in [0.05, 0.1) is 33.7 Å². The lowest BCUT2D eigenvalue weighted by Crippen LogP contribution is -2.10. The molecule has 2 aromatic heterocycles. The number of halogens is 1. The Kier molecular flexibility index (Phi) is 9.86. The molecule has 0 aliphatic heterocycles. The topological polar surface area (TPSA) is 40.1 Å². The van der Waals surface area contributed by atoms with E-state index in [9.17, 15) is 5.26 Å². The lowest BCUT2D eigenvalue weighted by atomic mass is 10.0. The normalized spacial score (nSPS) is 11.3. The van der Waals surface area contributed by atoms with E-state index in [0.717, 1.165) is 73.2 Å². The highest BCUT2D eigenvalue weighted by molar-refractivity contribution is 6.30. The fraction of sp³-hybridized carbons (Fsp3) is 0. The van der Waals surface area contributed by atoms with Crippen LogP contribution in [0.4, 0.5) is 34.1 Å². The van der Waals surface area contributed by atoms with Crippen LogP contribution < -0.4 is 9.80 Å². The van der Waals surface area contributed by atoms with E-state index in [2.05, 4.69) is 231 Å². The van der Waals surface area contributed by atoms with Gasteiger partial charge in [0.25, 0.3) is 0 Å². The molecule has 316 valence electrons. The molecule has 0 amide bonds. The van der Waals surface area contributed by atoms with Gasteiger partial charge in [-0.1, -0.05) is 109 Å². The summed E-state index contributed by atoms with van der Waals surface area (Å²) in [6, 6.07) is 87.4. The molecule has 12 aromatic rings. The Labute approximate surface area is 393 Å². The molecule has 0 unspecified atom stereocenters. The number of hydrogen-bond donors (Lipinski definition) is 0. The number of benzene rings is 10. The first-order valence-corrected chi connectivity index (χ1v) is 22.7. The molecule has 2 heterocycles. The average molecular weight is 878 g/mol. The fourth-order valence-electron chi connectivity index (χ4n) is 9.69. The number of rotatable bonds is 9. The van der Waals surface area contributed by atoms with Gasteiger partial charge < -0.3 is 18.9 Å². The van der Waals surface area contributed by atoms with Gasteiger partial charge in [-0.3, -0.25) is 0 Å². The molecule has 0 aliphatic carbocycles. The molecule has 0 atom stereocenters. The molecule has 0 aliphatic rings. The van der Waals surface area contributed by atoms with Crippen molar-refractivity contribution in [1.82, 2.24) is 9.13 Å². The molecule has 0 saturated carbocycles. The SMILES string of the molecule is N#Cc1ccc(N(c2ccc(-c3ccc(N(c4ccc(Cl)cc4)c4ccc5c(c4)c4ccccc4n5-c4ccccc4)cc3)cc2)c2ccc3c(c2)c2ccccc2n3-c2ccccc2)cc1. The molecule has 0 saturated heterocycles. The van der Waals surface area contributed by atoms with E-state index in [-0.39, 0.29) is 0 Å². The molecule has 0 fully saturated rings. The molecule has 10 aromatic carbocycles. The summed E-state index contributed by atoms with van der Waals surface area (Å²) in [5.74, 6) is 0. The van der Waals surface area contributed by atoms with Gasteiger partial charge in [0.2, 0.25) is 0 Å². The predicted molar refractivity (Wildman–Crippen MR) is 280 cm³/mol. The molecule has 67 heavy (non-hydrogen) atoms. The number of anilines is 6. The summed E-state index contributed by atoms with van der Waals surface area (Å²) in [5, 5.41) is 15.1. The van der Waals surface area contributed by atoms with Crippen molar-refractivity contribution in [2.45, 2.75) is 0 Å². The first-order valence-electron chi connectivity index (χ1n) is 22.3. The van der Waals surface area contributed by atoms with Crippen molar-refractivity contribution in [2.75, 3.05) is 9.80 Å². The molecule has 0 radical (unpaired) electrons. The minimum absolute atomic E-state index is 0.620. The van der Waals surface area contributed by atoms with Crippen molar-refractivity contribution in [2.24, 2.45) is 0 Å². The maximum absolute atomic E-state index is 9.66. The standard InChI is InChI=1S/C61H40ClN5/c62-45-25-33-51(34-26-45)65(53-36-38-61-57(40-53)55-16-8-10-18-59(55)67(61)47-13-5-2-6-14-47)50-31-23-44(24-32-50)43-21-29-49(30-22-43)64(48-27-19-42(41-63)20-28-48)52-35-37-60-56(39-52)54-15-7-9-17-58(54)66(60)46-11-3-1-4-12-46/h1-40H. The van der Waals surface area contributed by atoms with Crippen LogP contribution in [0.15, 0.2) is 243 Å². The van der Waals surface area contributed by atoms with Crippen molar-refractivity contribution in [3.8, 4) is 28.6 Å². The Morgan fingerprint density at radius 1 is 0.328 bits per heavy atom. The van der Waals surface area contributed by atoms with Gasteiger partial charge in [-0.2, -0.15) is 5.26 Å². The van der Waals surface area contributed by atoms with Crippen molar-refractivity contribution in [3.05, 3.63) is 253 Å². The molecule has 12 rings (SSSR count). The van der Waals surface area contributed by atoms with Crippen molar-refractivity contribution in [1.29, 1.82) is 5.26 Å². The molecule has 0 bridgehead atoms. The highest BCUT2D eigenvalue weighted by Crippen LogP contribution is 2.43. The minimum Gasteiger partial charge on any atom is -0.310 e. The van der Waals surface area contributed by atoms with Gasteiger partial charge >= 0.3 is 0 Å². The van der Waals surface area contributed by atoms with E-state index in [1.54, 1.807) is 0 Å². The quantitative estimate of drug-likeness (QED) is 0.145. The number of para-hydroxylation sites is 4. The van der Waals surface area contributed by atoms with Gasteiger partial charge in [-0.15, -0.1) is 0 Å². The first kappa shape index (κ1) is 39.7. The largest absolute Gasteiger partial charge is 0.310 e. The lowest BCUT2D eigenvalue weighted by Gasteiger charge is -2.26. The summed E-state index contributed by atoms with van der Waals surface area (Å²) >= 11 is 6.44. The number of nitriles is 1. The minimum atomic E-state index is 0.620. The maximum atomic E-state index is 9.66. The van der Waals surface area contributed by atoms with Crippen molar-refractivity contribution < 1.29 is 0 Å². The molecule has 0 N–H and O–H groups in total. The smallest absolute Gasteiger partial charge is 0.0991 e. The number of aromatic nitrogens is 2. The molecule has 6 heteroatoms. The summed E-state index contributed by atoms with van der Waals surface area (Å²) in [6.45, 7) is 0. The van der Waals surface area contributed by atoms with Crippen LogP contribution in [0.3, 0.4) is 0 Å². The van der Waals surface area contributed by atoms with Gasteiger partial charge in [0, 0.05) is 72.1 Å². The highest BCUT2D eigenvalue weighted by Gasteiger charge is 2.20. The zero-order chi connectivity index (χ0) is 44.8. The van der Waals surface area contributed by atoms with E-state index in [0.29, 0.717) is 10.6 Å². The average Bonchev–Trinajstić information content (AvgIpc) is 3.91. The second-order valence-electron chi connectivity index (χ2n) is 16.7. The molecular formula is C61H40ClN5. The van der Waals surface area contributed by atoms with E-state index < -0.39 is 0 Å². The fourth-order valence-corrected chi connectivity index (χ4v) is 9.81. The zero-order valence-electron chi connectivity index (χ0n) is 36.2. The van der Waals surface area contributed by atoms with Crippen LogP contribution in [0.2, 0.25) is 5.02 Å². The summed E-state index contributed by atoms with van der Waals surface area (Å²) < 4.78 is 4.68. The third kappa shape index (κ3) is 7.05. The van der Waals surface area contributed by atoms with Crippen LogP contribution in [-0.4, -0.2) is 9.13 Å². The Balaban J connectivity index is 0.914. The summed E-state index contributed by atoms with van der Waals surface area (Å²) in [7, 11) is 0. The van der Waals surface area contributed by atoms with Gasteiger partial charge in [-0.05, 0) is 157 Å². The predicted octanol–water partition coefficient (Wildman–Crippen LogP) is 17.0. The van der Waals surface area contributed by atoms with E-state index in [4.69, 9.17) is 11.6 Å². The molecular weight excluding hydrogens is 838 g/mol. The van der Waals surface area contributed by atoms with Crippen LogP contribution in [0.1, 0.15) is 5.56 Å². The number of nitrogens with zero attached hydrogens (tertiary/aromatic N) is 5. The van der Waals surface area contributed by atoms with Crippen molar-refractivity contribution in [3.63, 3.8) is 0 Å². The van der Waals surface area contributed by atoms with E-state index in [1.807, 2.05) is 36.4 Å². The highest BCUT2D eigenvalue weighted by atomic mass is 35.5. The third-order valence-corrected chi connectivity index (χ3v) is 13.0. The number of fused-ring (bicyclic) bond motifs is 6. The monoisotopic (exact) mass is 877 g/mol. The maximum Gasteiger partial charge on any atom is 0.0991 e. The Morgan fingerprint density at radius 3 is 1.09 bits per heavy atom. The zero-order valence-corrected chi connectivity index (χ0v) is 37.0. The van der Waals surface area contributed by atoms with Crippen LogP contribution in [0.25, 0.3) is 66.1 Å². The van der Waals surface area contributed by atoms with E-state index >= 15 is 0 Å².